The number of alkyl carbamates (subject to hydrolysis) is 1. The van der Waals surface area contributed by atoms with Crippen molar-refractivity contribution >= 4 is 17.7 Å². The molecule has 0 unspecified atom stereocenters. The molecule has 156 valence electrons. The van der Waals surface area contributed by atoms with E-state index in [1.54, 1.807) is 23.0 Å². The number of carbonyl (C=O) groups excluding carboxylic acids is 1. The molecule has 0 saturated carbocycles. The van der Waals surface area contributed by atoms with Crippen molar-refractivity contribution in [2.24, 2.45) is 0 Å². The molecule has 0 radical (unpaired) electrons. The van der Waals surface area contributed by atoms with Gasteiger partial charge in [0.25, 0.3) is 0 Å². The predicted octanol–water partition coefficient (Wildman–Crippen LogP) is 3.52. The Morgan fingerprint density at radius 1 is 1.30 bits per heavy atom. The van der Waals surface area contributed by atoms with Crippen molar-refractivity contribution in [3.05, 3.63) is 54.1 Å². The van der Waals surface area contributed by atoms with E-state index in [0.29, 0.717) is 12.2 Å². The molecule has 0 aliphatic carbocycles. The van der Waals surface area contributed by atoms with Crippen molar-refractivity contribution in [3.8, 4) is 11.1 Å². The number of rotatable bonds is 5. The molecule has 1 aliphatic heterocycles. The van der Waals surface area contributed by atoms with Crippen LogP contribution >= 0.6 is 0 Å². The summed E-state index contributed by atoms with van der Waals surface area (Å²) in [7, 11) is 0. The highest BCUT2D eigenvalue weighted by Crippen LogP contribution is 2.29. The van der Waals surface area contributed by atoms with Crippen molar-refractivity contribution < 1.29 is 22.7 Å². The highest BCUT2D eigenvalue weighted by Gasteiger charge is 2.32. The summed E-state index contributed by atoms with van der Waals surface area (Å²) in [5.41, 5.74) is 2.07. The average Bonchev–Trinajstić information content (AvgIpc) is 3.30. The second kappa shape index (κ2) is 7.65. The van der Waals surface area contributed by atoms with Gasteiger partial charge in [0.15, 0.2) is 0 Å². The lowest BCUT2D eigenvalue weighted by atomic mass is 10.1. The van der Waals surface area contributed by atoms with Gasteiger partial charge in [0.1, 0.15) is 12.3 Å². The minimum Gasteiger partial charge on any atom is -0.447 e. The van der Waals surface area contributed by atoms with Gasteiger partial charge in [0.05, 0.1) is 18.8 Å². The summed E-state index contributed by atoms with van der Waals surface area (Å²) in [5, 5.41) is 9.81. The summed E-state index contributed by atoms with van der Waals surface area (Å²) in [6.45, 7) is 2.61. The summed E-state index contributed by atoms with van der Waals surface area (Å²) in [5.74, 6) is -0.144. The first kappa shape index (κ1) is 19.7. The minimum atomic E-state index is -4.55. The molecular formula is C19H17F3N6O2. The number of amides is 1. The SMILES string of the molecule is Cc1cc(Nc2nccc(C(F)(F)F)n2)cc(-c2cnn(C[C@@H]3COC(=O)N3)c2)c1. The molecule has 8 nitrogen and oxygen atoms in total. The van der Waals surface area contributed by atoms with Gasteiger partial charge in [0, 0.05) is 23.6 Å². The monoisotopic (exact) mass is 418 g/mol. The molecule has 0 bridgehead atoms. The number of ether oxygens (including phenoxy) is 1. The highest BCUT2D eigenvalue weighted by atomic mass is 19.4. The van der Waals surface area contributed by atoms with Crippen LogP contribution in [0.5, 0.6) is 0 Å². The first-order chi connectivity index (χ1) is 14.3. The van der Waals surface area contributed by atoms with E-state index in [1.165, 1.54) is 0 Å². The summed E-state index contributed by atoms with van der Waals surface area (Å²) in [6.07, 6.45) is -0.431. The molecule has 0 spiro atoms. The van der Waals surface area contributed by atoms with Gasteiger partial charge in [0.2, 0.25) is 5.95 Å². The van der Waals surface area contributed by atoms with Gasteiger partial charge in [-0.15, -0.1) is 0 Å². The van der Waals surface area contributed by atoms with Crippen LogP contribution in [0, 0.1) is 6.92 Å². The van der Waals surface area contributed by atoms with Crippen molar-refractivity contribution in [3.63, 3.8) is 0 Å². The zero-order valence-corrected chi connectivity index (χ0v) is 15.8. The third-order valence-electron chi connectivity index (χ3n) is 4.39. The maximum Gasteiger partial charge on any atom is 0.433 e. The molecule has 2 N–H and O–H groups in total. The fourth-order valence-electron chi connectivity index (χ4n) is 3.09. The number of nitrogens with one attached hydrogen (secondary N) is 2. The number of alkyl halides is 3. The molecular weight excluding hydrogens is 401 g/mol. The van der Waals surface area contributed by atoms with Gasteiger partial charge in [-0.05, 0) is 36.2 Å². The van der Waals surface area contributed by atoms with Gasteiger partial charge < -0.3 is 15.4 Å². The Hall–Kier alpha value is -3.63. The van der Waals surface area contributed by atoms with Crippen LogP contribution in [0.2, 0.25) is 0 Å². The number of aromatic nitrogens is 4. The number of hydrogen-bond acceptors (Lipinski definition) is 6. The largest absolute Gasteiger partial charge is 0.447 e. The molecule has 1 atom stereocenters. The number of cyclic esters (lactones) is 1. The number of aryl methyl sites for hydroxylation is 1. The first-order valence-corrected chi connectivity index (χ1v) is 9.01. The van der Waals surface area contributed by atoms with Crippen LogP contribution in [0.3, 0.4) is 0 Å². The molecule has 11 heteroatoms. The summed E-state index contributed by atoms with van der Waals surface area (Å²) in [6, 6.07) is 6.15. The molecule has 1 aromatic carbocycles. The third-order valence-corrected chi connectivity index (χ3v) is 4.39. The van der Waals surface area contributed by atoms with E-state index in [-0.39, 0.29) is 18.6 Å². The topological polar surface area (TPSA) is 94.0 Å². The van der Waals surface area contributed by atoms with Crippen LogP contribution in [0.4, 0.5) is 29.6 Å². The van der Waals surface area contributed by atoms with E-state index < -0.39 is 18.0 Å². The van der Waals surface area contributed by atoms with E-state index >= 15 is 0 Å². The van der Waals surface area contributed by atoms with Gasteiger partial charge in [-0.25, -0.2) is 14.8 Å². The maximum absolute atomic E-state index is 12.9. The number of benzene rings is 1. The Morgan fingerprint density at radius 2 is 2.13 bits per heavy atom. The highest BCUT2D eigenvalue weighted by molar-refractivity contribution is 5.70. The Labute approximate surface area is 169 Å². The maximum atomic E-state index is 12.9. The Balaban J connectivity index is 1.53. The van der Waals surface area contributed by atoms with Gasteiger partial charge in [-0.3, -0.25) is 4.68 Å². The number of nitrogens with zero attached hydrogens (tertiary/aromatic N) is 4. The van der Waals surface area contributed by atoms with Crippen LogP contribution in [-0.2, 0) is 17.5 Å². The lowest BCUT2D eigenvalue weighted by molar-refractivity contribution is -0.141. The van der Waals surface area contributed by atoms with Crippen LogP contribution in [0.25, 0.3) is 11.1 Å². The number of carbonyl (C=O) groups is 1. The number of anilines is 2. The van der Waals surface area contributed by atoms with E-state index in [0.717, 1.165) is 29.0 Å². The van der Waals surface area contributed by atoms with E-state index in [2.05, 4.69) is 25.7 Å². The Bertz CT molecular complexity index is 1080. The fourth-order valence-corrected chi connectivity index (χ4v) is 3.09. The first-order valence-electron chi connectivity index (χ1n) is 9.01. The van der Waals surface area contributed by atoms with Gasteiger partial charge in [-0.2, -0.15) is 18.3 Å². The molecule has 4 rings (SSSR count). The zero-order valence-electron chi connectivity index (χ0n) is 15.8. The van der Waals surface area contributed by atoms with Crippen LogP contribution in [0.15, 0.2) is 42.9 Å². The van der Waals surface area contributed by atoms with Crippen LogP contribution in [0.1, 0.15) is 11.3 Å². The van der Waals surface area contributed by atoms with Crippen molar-refractivity contribution in [2.45, 2.75) is 25.7 Å². The summed E-state index contributed by atoms with van der Waals surface area (Å²) >= 11 is 0. The molecule has 30 heavy (non-hydrogen) atoms. The van der Waals surface area contributed by atoms with Gasteiger partial charge in [-0.1, -0.05) is 6.07 Å². The number of hydrogen-bond donors (Lipinski definition) is 2. The standard InChI is InChI=1S/C19H17F3N6O2/c1-11-4-12(13-7-24-28(8-13)9-15-10-30-18(29)26-15)6-14(5-11)25-17-23-3-2-16(27-17)19(20,21)22/h2-8,15H,9-10H2,1H3,(H,26,29)(H,23,25,27)/t15-/m1/s1. The van der Waals surface area contributed by atoms with Crippen molar-refractivity contribution in [1.82, 2.24) is 25.1 Å². The molecule has 2 aromatic heterocycles. The van der Waals surface area contributed by atoms with Crippen molar-refractivity contribution in [2.75, 3.05) is 11.9 Å². The molecule has 1 saturated heterocycles. The molecule has 3 aromatic rings. The summed E-state index contributed by atoms with van der Waals surface area (Å²) < 4.78 is 45.2. The minimum absolute atomic E-state index is 0.144. The van der Waals surface area contributed by atoms with Crippen LogP contribution in [-0.4, -0.2) is 38.5 Å². The Morgan fingerprint density at radius 3 is 2.87 bits per heavy atom. The number of halogens is 3. The van der Waals surface area contributed by atoms with Crippen molar-refractivity contribution in [1.29, 1.82) is 0 Å². The Kier molecular flexibility index (Phi) is 5.02. The second-order valence-electron chi connectivity index (χ2n) is 6.87. The summed E-state index contributed by atoms with van der Waals surface area (Å²) in [4.78, 5) is 18.5. The molecule has 1 amide bonds. The van der Waals surface area contributed by atoms with E-state index in [9.17, 15) is 18.0 Å². The van der Waals surface area contributed by atoms with Crippen LogP contribution < -0.4 is 10.6 Å². The predicted molar refractivity (Wildman–Crippen MR) is 101 cm³/mol. The van der Waals surface area contributed by atoms with E-state index in [4.69, 9.17) is 4.74 Å². The normalized spacial score (nSPS) is 16.3. The molecule has 3 heterocycles. The molecule has 1 fully saturated rings. The second-order valence-corrected chi connectivity index (χ2v) is 6.87. The average molecular weight is 418 g/mol. The quantitative estimate of drug-likeness (QED) is 0.659. The molecule has 1 aliphatic rings. The third kappa shape index (κ3) is 4.50. The van der Waals surface area contributed by atoms with E-state index in [1.807, 2.05) is 19.2 Å². The van der Waals surface area contributed by atoms with Gasteiger partial charge >= 0.3 is 12.3 Å². The lowest BCUT2D eigenvalue weighted by Gasteiger charge is -2.10. The lowest BCUT2D eigenvalue weighted by Crippen LogP contribution is -2.30. The zero-order chi connectivity index (χ0) is 21.3. The fraction of sp³-hybridized carbons (Fsp3) is 0.263. The smallest absolute Gasteiger partial charge is 0.433 e.